The van der Waals surface area contributed by atoms with Gasteiger partial charge in [0, 0.05) is 20.1 Å². The van der Waals surface area contributed by atoms with Crippen LogP contribution in [0.2, 0.25) is 0 Å². The van der Waals surface area contributed by atoms with Crippen molar-refractivity contribution in [2.24, 2.45) is 7.05 Å². The molecule has 132 valence electrons. The summed E-state index contributed by atoms with van der Waals surface area (Å²) in [6.07, 6.45) is 7.21. The normalized spacial score (nSPS) is 19.1. The number of aromatic nitrogens is 3. The highest BCUT2D eigenvalue weighted by molar-refractivity contribution is 7.89. The molecule has 7 nitrogen and oxygen atoms in total. The first-order valence-corrected chi connectivity index (χ1v) is 10.0. The molecule has 1 saturated heterocycles. The third kappa shape index (κ3) is 4.51. The summed E-state index contributed by atoms with van der Waals surface area (Å²) in [7, 11) is -1.48. The standard InChI is InChI=1S/C15H28N4O3S/c1-3-4-5-6-7-12-23(21,22)19-10-8-15(20,9-11-19)14-16-13-17-18(14)2/h13,20H,3-12H2,1-2H3. The quantitative estimate of drug-likeness (QED) is 0.720. The number of piperidine rings is 1. The number of aryl methyl sites for hydroxylation is 1. The number of hydrogen-bond donors (Lipinski definition) is 1. The number of nitrogens with zero attached hydrogens (tertiary/aromatic N) is 4. The van der Waals surface area contributed by atoms with Crippen molar-refractivity contribution in [3.05, 3.63) is 12.2 Å². The van der Waals surface area contributed by atoms with E-state index >= 15 is 0 Å². The second kappa shape index (κ2) is 7.72. The van der Waals surface area contributed by atoms with Gasteiger partial charge in [0.15, 0.2) is 5.82 Å². The lowest BCUT2D eigenvalue weighted by atomic mass is 9.91. The molecular formula is C15H28N4O3S. The van der Waals surface area contributed by atoms with Gasteiger partial charge in [-0.3, -0.25) is 4.68 Å². The third-order valence-corrected chi connectivity index (χ3v) is 6.53. The van der Waals surface area contributed by atoms with E-state index < -0.39 is 15.6 Å². The molecule has 2 heterocycles. The third-order valence-electron chi connectivity index (χ3n) is 4.58. The molecule has 0 saturated carbocycles. The Kier molecular flexibility index (Phi) is 6.16. The van der Waals surface area contributed by atoms with Crippen LogP contribution in [0.4, 0.5) is 0 Å². The van der Waals surface area contributed by atoms with Crippen LogP contribution < -0.4 is 0 Å². The van der Waals surface area contributed by atoms with Gasteiger partial charge in [-0.05, 0) is 19.3 Å². The van der Waals surface area contributed by atoms with E-state index in [0.717, 1.165) is 25.7 Å². The Morgan fingerprint density at radius 2 is 1.87 bits per heavy atom. The molecule has 23 heavy (non-hydrogen) atoms. The first-order chi connectivity index (χ1) is 10.9. The molecule has 0 bridgehead atoms. The Labute approximate surface area is 138 Å². The van der Waals surface area contributed by atoms with E-state index in [2.05, 4.69) is 17.0 Å². The number of rotatable bonds is 8. The minimum atomic E-state index is -3.22. The summed E-state index contributed by atoms with van der Waals surface area (Å²) in [4.78, 5) is 4.11. The molecule has 0 aromatic carbocycles. The van der Waals surface area contributed by atoms with E-state index in [1.54, 1.807) is 11.7 Å². The van der Waals surface area contributed by atoms with Gasteiger partial charge in [0.05, 0.1) is 5.75 Å². The van der Waals surface area contributed by atoms with Crippen LogP contribution >= 0.6 is 0 Å². The van der Waals surface area contributed by atoms with E-state index in [1.807, 2.05) is 0 Å². The summed E-state index contributed by atoms with van der Waals surface area (Å²) in [5.74, 6) is 0.716. The zero-order chi connectivity index (χ0) is 16.9. The molecule has 0 radical (unpaired) electrons. The maximum Gasteiger partial charge on any atom is 0.214 e. The van der Waals surface area contributed by atoms with Crippen molar-refractivity contribution in [3.8, 4) is 0 Å². The van der Waals surface area contributed by atoms with Crippen LogP contribution in [0.25, 0.3) is 0 Å². The Bertz CT molecular complexity index is 592. The van der Waals surface area contributed by atoms with E-state index in [4.69, 9.17) is 0 Å². The topological polar surface area (TPSA) is 88.3 Å². The largest absolute Gasteiger partial charge is 0.382 e. The van der Waals surface area contributed by atoms with Crippen LogP contribution in [0, 0.1) is 0 Å². The van der Waals surface area contributed by atoms with Crippen LogP contribution in [-0.4, -0.2) is 51.4 Å². The SMILES string of the molecule is CCCCCCCS(=O)(=O)N1CCC(O)(c2ncnn2C)CC1. The average Bonchev–Trinajstić information content (AvgIpc) is 2.94. The lowest BCUT2D eigenvalue weighted by Crippen LogP contribution is -2.46. The molecule has 1 fully saturated rings. The molecule has 1 aliphatic rings. The maximum atomic E-state index is 12.4. The molecule has 0 amide bonds. The van der Waals surface area contributed by atoms with E-state index in [0.29, 0.717) is 38.2 Å². The Morgan fingerprint density at radius 1 is 1.22 bits per heavy atom. The second-order valence-corrected chi connectivity index (χ2v) is 8.46. The molecule has 1 aromatic heterocycles. The minimum Gasteiger partial charge on any atom is -0.382 e. The van der Waals surface area contributed by atoms with Crippen LogP contribution in [0.15, 0.2) is 6.33 Å². The highest BCUT2D eigenvalue weighted by atomic mass is 32.2. The van der Waals surface area contributed by atoms with Gasteiger partial charge < -0.3 is 5.11 Å². The van der Waals surface area contributed by atoms with Crippen molar-refractivity contribution in [3.63, 3.8) is 0 Å². The maximum absolute atomic E-state index is 12.4. The predicted molar refractivity (Wildman–Crippen MR) is 88.3 cm³/mol. The van der Waals surface area contributed by atoms with Gasteiger partial charge in [0.25, 0.3) is 0 Å². The van der Waals surface area contributed by atoms with Crippen LogP contribution in [0.3, 0.4) is 0 Å². The van der Waals surface area contributed by atoms with Gasteiger partial charge in [0.1, 0.15) is 11.9 Å². The summed E-state index contributed by atoms with van der Waals surface area (Å²) in [6.45, 7) is 2.81. The monoisotopic (exact) mass is 344 g/mol. The van der Waals surface area contributed by atoms with Crippen LogP contribution in [0.5, 0.6) is 0 Å². The summed E-state index contributed by atoms with van der Waals surface area (Å²) in [5.41, 5.74) is -1.08. The van der Waals surface area contributed by atoms with Gasteiger partial charge in [-0.2, -0.15) is 5.10 Å². The number of hydrogen-bond acceptors (Lipinski definition) is 5. The number of sulfonamides is 1. The van der Waals surface area contributed by atoms with Crippen LogP contribution in [-0.2, 0) is 22.7 Å². The molecule has 8 heteroatoms. The van der Waals surface area contributed by atoms with Crippen molar-refractivity contribution in [2.45, 2.75) is 57.5 Å². The van der Waals surface area contributed by atoms with Crippen molar-refractivity contribution in [1.82, 2.24) is 19.1 Å². The predicted octanol–water partition coefficient (Wildman–Crippen LogP) is 1.40. The molecule has 1 aliphatic heterocycles. The summed E-state index contributed by atoms with van der Waals surface area (Å²) >= 11 is 0. The van der Waals surface area contributed by atoms with Gasteiger partial charge in [-0.25, -0.2) is 17.7 Å². The van der Waals surface area contributed by atoms with Crippen molar-refractivity contribution in [2.75, 3.05) is 18.8 Å². The Morgan fingerprint density at radius 3 is 2.43 bits per heavy atom. The average molecular weight is 344 g/mol. The summed E-state index contributed by atoms with van der Waals surface area (Å²) in [5, 5.41) is 14.7. The van der Waals surface area contributed by atoms with Gasteiger partial charge >= 0.3 is 0 Å². The first-order valence-electron chi connectivity index (χ1n) is 8.44. The lowest BCUT2D eigenvalue weighted by molar-refractivity contribution is -0.0203. The fourth-order valence-corrected chi connectivity index (χ4v) is 4.66. The molecule has 0 unspecified atom stereocenters. The second-order valence-electron chi connectivity index (χ2n) is 6.37. The van der Waals surface area contributed by atoms with Crippen molar-refractivity contribution in [1.29, 1.82) is 0 Å². The number of aliphatic hydroxyl groups is 1. The van der Waals surface area contributed by atoms with Gasteiger partial charge in [0.2, 0.25) is 10.0 Å². The van der Waals surface area contributed by atoms with Crippen molar-refractivity contribution < 1.29 is 13.5 Å². The highest BCUT2D eigenvalue weighted by Gasteiger charge is 2.40. The van der Waals surface area contributed by atoms with Crippen LogP contribution in [0.1, 0.15) is 57.7 Å². The number of unbranched alkanes of at least 4 members (excludes halogenated alkanes) is 4. The molecule has 0 spiro atoms. The summed E-state index contributed by atoms with van der Waals surface area (Å²) in [6, 6.07) is 0. The van der Waals surface area contributed by atoms with E-state index in [1.165, 1.54) is 10.6 Å². The molecule has 0 aliphatic carbocycles. The zero-order valence-corrected chi connectivity index (χ0v) is 14.9. The smallest absolute Gasteiger partial charge is 0.214 e. The minimum absolute atomic E-state index is 0.207. The molecule has 1 N–H and O–H groups in total. The zero-order valence-electron chi connectivity index (χ0n) is 14.1. The fraction of sp³-hybridized carbons (Fsp3) is 0.867. The van der Waals surface area contributed by atoms with E-state index in [9.17, 15) is 13.5 Å². The molecular weight excluding hydrogens is 316 g/mol. The Balaban J connectivity index is 1.87. The van der Waals surface area contributed by atoms with Crippen molar-refractivity contribution >= 4 is 10.0 Å². The lowest BCUT2D eigenvalue weighted by Gasteiger charge is -2.36. The molecule has 0 atom stereocenters. The first kappa shape index (κ1) is 18.4. The van der Waals surface area contributed by atoms with Gasteiger partial charge in [-0.1, -0.05) is 32.6 Å². The molecule has 1 aromatic rings. The highest BCUT2D eigenvalue weighted by Crippen LogP contribution is 2.32. The van der Waals surface area contributed by atoms with Gasteiger partial charge in [-0.15, -0.1) is 0 Å². The molecule has 2 rings (SSSR count). The van der Waals surface area contributed by atoms with E-state index in [-0.39, 0.29) is 5.75 Å². The Hall–Kier alpha value is -0.990. The fourth-order valence-electron chi connectivity index (χ4n) is 3.09. The summed E-state index contributed by atoms with van der Waals surface area (Å²) < 4.78 is 27.9.